The van der Waals surface area contributed by atoms with Gasteiger partial charge in [-0.3, -0.25) is 0 Å². The summed E-state index contributed by atoms with van der Waals surface area (Å²) in [5, 5.41) is 3.53. The molecular formula is C18H27NO. The van der Waals surface area contributed by atoms with Gasteiger partial charge in [0.1, 0.15) is 5.75 Å². The fraction of sp³-hybridized carbons (Fsp3) is 0.667. The first kappa shape index (κ1) is 13.9. The van der Waals surface area contributed by atoms with Crippen molar-refractivity contribution in [3.8, 4) is 5.75 Å². The average Bonchev–Trinajstić information content (AvgIpc) is 2.53. The summed E-state index contributed by atoms with van der Waals surface area (Å²) in [5.74, 6) is 2.01. The molecule has 1 fully saturated rings. The molecule has 0 amide bonds. The van der Waals surface area contributed by atoms with Crippen molar-refractivity contribution in [1.29, 1.82) is 0 Å². The van der Waals surface area contributed by atoms with Crippen molar-refractivity contribution in [1.82, 2.24) is 5.32 Å². The van der Waals surface area contributed by atoms with Crippen molar-refractivity contribution in [2.45, 2.75) is 57.4 Å². The zero-order valence-corrected chi connectivity index (χ0v) is 12.7. The van der Waals surface area contributed by atoms with Crippen LogP contribution in [-0.2, 0) is 6.42 Å². The zero-order chi connectivity index (χ0) is 13.8. The Labute approximate surface area is 122 Å². The molecule has 2 aliphatic rings. The lowest BCUT2D eigenvalue weighted by molar-refractivity contribution is 0.287. The van der Waals surface area contributed by atoms with Crippen LogP contribution in [0.1, 0.15) is 62.1 Å². The van der Waals surface area contributed by atoms with Gasteiger partial charge in [-0.15, -0.1) is 0 Å². The Morgan fingerprint density at radius 2 is 2.05 bits per heavy atom. The zero-order valence-electron chi connectivity index (χ0n) is 12.7. The van der Waals surface area contributed by atoms with E-state index in [1.807, 2.05) is 0 Å². The number of fused-ring (bicyclic) bond motifs is 1. The molecule has 0 radical (unpaired) electrons. The van der Waals surface area contributed by atoms with Gasteiger partial charge in [-0.2, -0.15) is 0 Å². The second-order valence-electron chi connectivity index (χ2n) is 6.40. The van der Waals surface area contributed by atoms with Gasteiger partial charge in [0.25, 0.3) is 0 Å². The van der Waals surface area contributed by atoms with E-state index in [0.717, 1.165) is 24.7 Å². The molecule has 1 unspecified atom stereocenters. The number of ether oxygens (including phenoxy) is 1. The first-order chi connectivity index (χ1) is 9.86. The van der Waals surface area contributed by atoms with E-state index in [1.54, 1.807) is 0 Å². The summed E-state index contributed by atoms with van der Waals surface area (Å²) in [6.07, 6.45) is 10.8. The van der Waals surface area contributed by atoms with E-state index in [1.165, 1.54) is 56.1 Å². The maximum absolute atomic E-state index is 5.72. The van der Waals surface area contributed by atoms with Gasteiger partial charge in [0.2, 0.25) is 0 Å². The van der Waals surface area contributed by atoms with Gasteiger partial charge in [0.15, 0.2) is 0 Å². The van der Waals surface area contributed by atoms with Gasteiger partial charge in [-0.1, -0.05) is 44.2 Å². The predicted molar refractivity (Wildman–Crippen MR) is 83.3 cm³/mol. The van der Waals surface area contributed by atoms with Gasteiger partial charge in [-0.05, 0) is 49.4 Å². The highest BCUT2D eigenvalue weighted by Crippen LogP contribution is 2.34. The molecule has 1 aromatic rings. The van der Waals surface area contributed by atoms with Crippen LogP contribution in [-0.4, -0.2) is 13.7 Å². The Kier molecular flexibility index (Phi) is 4.62. The first-order valence-electron chi connectivity index (χ1n) is 8.29. The summed E-state index contributed by atoms with van der Waals surface area (Å²) in [6, 6.07) is 7.31. The topological polar surface area (TPSA) is 21.3 Å². The molecule has 0 bridgehead atoms. The van der Waals surface area contributed by atoms with Gasteiger partial charge < -0.3 is 10.1 Å². The van der Waals surface area contributed by atoms with Crippen LogP contribution < -0.4 is 10.1 Å². The SMILES string of the molecule is CNC(CC1CCCCC1)c1ccc2c(c1)CCCO2. The van der Waals surface area contributed by atoms with Crippen molar-refractivity contribution < 1.29 is 4.74 Å². The van der Waals surface area contributed by atoms with Crippen LogP contribution in [0.2, 0.25) is 0 Å². The highest BCUT2D eigenvalue weighted by atomic mass is 16.5. The number of aryl methyl sites for hydroxylation is 1. The maximum Gasteiger partial charge on any atom is 0.122 e. The lowest BCUT2D eigenvalue weighted by Gasteiger charge is -2.27. The molecule has 1 aliphatic carbocycles. The van der Waals surface area contributed by atoms with Gasteiger partial charge in [-0.25, -0.2) is 0 Å². The van der Waals surface area contributed by atoms with E-state index in [2.05, 4.69) is 30.6 Å². The van der Waals surface area contributed by atoms with Crippen LogP contribution in [0.3, 0.4) is 0 Å². The molecule has 0 spiro atoms. The molecule has 110 valence electrons. The minimum absolute atomic E-state index is 0.505. The number of hydrogen-bond acceptors (Lipinski definition) is 2. The van der Waals surface area contributed by atoms with Gasteiger partial charge in [0.05, 0.1) is 6.61 Å². The Hall–Kier alpha value is -1.02. The first-order valence-corrected chi connectivity index (χ1v) is 8.29. The lowest BCUT2D eigenvalue weighted by atomic mass is 9.83. The van der Waals surface area contributed by atoms with Crippen molar-refractivity contribution in [3.05, 3.63) is 29.3 Å². The number of hydrogen-bond donors (Lipinski definition) is 1. The summed E-state index contributed by atoms with van der Waals surface area (Å²) in [7, 11) is 2.10. The third kappa shape index (κ3) is 3.17. The molecule has 0 saturated heterocycles. The van der Waals surface area contributed by atoms with E-state index in [-0.39, 0.29) is 0 Å². The molecule has 1 saturated carbocycles. The quantitative estimate of drug-likeness (QED) is 0.886. The molecule has 1 aromatic carbocycles. The molecule has 3 rings (SSSR count). The fourth-order valence-electron chi connectivity index (χ4n) is 3.77. The summed E-state index contributed by atoms with van der Waals surface area (Å²) >= 11 is 0. The van der Waals surface area contributed by atoms with Crippen LogP contribution >= 0.6 is 0 Å². The molecule has 2 nitrogen and oxygen atoms in total. The highest BCUT2D eigenvalue weighted by molar-refractivity contribution is 5.39. The van der Waals surface area contributed by atoms with E-state index in [0.29, 0.717) is 6.04 Å². The molecule has 1 aliphatic heterocycles. The van der Waals surface area contributed by atoms with E-state index < -0.39 is 0 Å². The molecule has 1 atom stereocenters. The van der Waals surface area contributed by atoms with Crippen molar-refractivity contribution in [3.63, 3.8) is 0 Å². The molecule has 20 heavy (non-hydrogen) atoms. The molecule has 1 heterocycles. The third-order valence-electron chi connectivity index (χ3n) is 4.98. The van der Waals surface area contributed by atoms with Crippen LogP contribution in [0.15, 0.2) is 18.2 Å². The minimum atomic E-state index is 0.505. The summed E-state index contributed by atoms with van der Waals surface area (Å²) in [4.78, 5) is 0. The molecular weight excluding hydrogens is 246 g/mol. The van der Waals surface area contributed by atoms with Crippen molar-refractivity contribution >= 4 is 0 Å². The number of nitrogens with one attached hydrogen (secondary N) is 1. The predicted octanol–water partition coefficient (Wildman–Crippen LogP) is 4.24. The highest BCUT2D eigenvalue weighted by Gasteiger charge is 2.20. The van der Waals surface area contributed by atoms with E-state index in [4.69, 9.17) is 4.74 Å². The van der Waals surface area contributed by atoms with E-state index >= 15 is 0 Å². The normalized spacial score (nSPS) is 21.1. The minimum Gasteiger partial charge on any atom is -0.493 e. The van der Waals surface area contributed by atoms with Crippen LogP contribution in [0, 0.1) is 5.92 Å². The Bertz CT molecular complexity index is 437. The summed E-state index contributed by atoms with van der Waals surface area (Å²) in [6.45, 7) is 0.879. The fourth-order valence-corrected chi connectivity index (χ4v) is 3.77. The Morgan fingerprint density at radius 1 is 1.20 bits per heavy atom. The molecule has 2 heteroatoms. The smallest absolute Gasteiger partial charge is 0.122 e. The van der Waals surface area contributed by atoms with Crippen LogP contribution in [0.25, 0.3) is 0 Å². The van der Waals surface area contributed by atoms with Gasteiger partial charge >= 0.3 is 0 Å². The second-order valence-corrected chi connectivity index (χ2v) is 6.40. The standard InChI is InChI=1S/C18H27NO/c1-19-17(12-14-6-3-2-4-7-14)15-9-10-18-16(13-15)8-5-11-20-18/h9-10,13-14,17,19H,2-8,11-12H2,1H3. The Balaban J connectivity index is 1.71. The lowest BCUT2D eigenvalue weighted by Crippen LogP contribution is -2.21. The molecule has 0 aromatic heterocycles. The largest absolute Gasteiger partial charge is 0.493 e. The number of rotatable bonds is 4. The van der Waals surface area contributed by atoms with Crippen molar-refractivity contribution in [2.24, 2.45) is 5.92 Å². The maximum atomic E-state index is 5.72. The van der Waals surface area contributed by atoms with Crippen molar-refractivity contribution in [2.75, 3.05) is 13.7 Å². The second kappa shape index (κ2) is 6.62. The Morgan fingerprint density at radius 3 is 2.85 bits per heavy atom. The summed E-state index contributed by atoms with van der Waals surface area (Å²) < 4.78 is 5.72. The monoisotopic (exact) mass is 273 g/mol. The number of benzene rings is 1. The van der Waals surface area contributed by atoms with E-state index in [9.17, 15) is 0 Å². The average molecular weight is 273 g/mol. The third-order valence-corrected chi connectivity index (χ3v) is 4.98. The van der Waals surface area contributed by atoms with Gasteiger partial charge in [0, 0.05) is 6.04 Å². The summed E-state index contributed by atoms with van der Waals surface area (Å²) in [5.41, 5.74) is 2.85. The van der Waals surface area contributed by atoms with Crippen LogP contribution in [0.5, 0.6) is 5.75 Å². The molecule has 1 N–H and O–H groups in total. The van der Waals surface area contributed by atoms with Crippen LogP contribution in [0.4, 0.5) is 0 Å².